The van der Waals surface area contributed by atoms with E-state index in [9.17, 15) is 24.1 Å². The molecule has 2 aromatic carbocycles. The van der Waals surface area contributed by atoms with Crippen molar-refractivity contribution in [1.82, 2.24) is 4.90 Å². The third-order valence-electron chi connectivity index (χ3n) is 4.31. The van der Waals surface area contributed by atoms with Crippen molar-refractivity contribution in [3.8, 4) is 0 Å². The molecule has 9 heteroatoms. The van der Waals surface area contributed by atoms with Gasteiger partial charge in [0, 0.05) is 22.9 Å². The van der Waals surface area contributed by atoms with Gasteiger partial charge in [-0.05, 0) is 25.1 Å². The number of nitro groups is 1. The Morgan fingerprint density at radius 3 is 2.70 bits per heavy atom. The van der Waals surface area contributed by atoms with Crippen LogP contribution in [0.3, 0.4) is 0 Å². The molecule has 0 unspecified atom stereocenters. The number of nitrogens with zero attached hydrogens (tertiary/aromatic N) is 2. The maximum atomic E-state index is 13.8. The highest BCUT2D eigenvalue weighted by atomic mass is 32.2. The molecule has 0 saturated carbocycles. The molecule has 0 aromatic heterocycles. The molecular weight excluding hydrogens is 373 g/mol. The van der Waals surface area contributed by atoms with Gasteiger partial charge in [-0.2, -0.15) is 0 Å². The number of nitrogens with one attached hydrogen (secondary N) is 1. The Bertz CT molecular complexity index is 921. The number of amides is 2. The lowest BCUT2D eigenvalue weighted by Gasteiger charge is -2.23. The summed E-state index contributed by atoms with van der Waals surface area (Å²) in [6, 6.07) is 9.25. The Balaban J connectivity index is 1.83. The standard InChI is InChI=1S/C18H16FN3O4S/c1-11-12(5-4-8-15(11)22(25)26)18(24)21-10-27-9-16(21)17(23)20-14-7-3-2-6-13(14)19/h2-8,16H,9-10H2,1H3,(H,20,23)/t16-/m0/s1. The number of rotatable bonds is 4. The molecule has 1 N–H and O–H groups in total. The van der Waals surface area contributed by atoms with Crippen LogP contribution in [0.1, 0.15) is 15.9 Å². The smallest absolute Gasteiger partial charge is 0.273 e. The van der Waals surface area contributed by atoms with E-state index in [1.807, 2.05) is 0 Å². The molecule has 1 aliphatic rings. The summed E-state index contributed by atoms with van der Waals surface area (Å²) >= 11 is 1.39. The molecule has 1 heterocycles. The van der Waals surface area contributed by atoms with Gasteiger partial charge in [0.1, 0.15) is 11.9 Å². The van der Waals surface area contributed by atoms with Gasteiger partial charge in [0.15, 0.2) is 0 Å². The summed E-state index contributed by atoms with van der Waals surface area (Å²) < 4.78 is 13.8. The van der Waals surface area contributed by atoms with E-state index in [0.717, 1.165) is 0 Å². The van der Waals surface area contributed by atoms with Crippen molar-refractivity contribution >= 4 is 35.0 Å². The van der Waals surface area contributed by atoms with Crippen LogP contribution < -0.4 is 5.32 Å². The van der Waals surface area contributed by atoms with Crippen LogP contribution >= 0.6 is 11.8 Å². The number of halogens is 1. The fourth-order valence-electron chi connectivity index (χ4n) is 2.85. The maximum Gasteiger partial charge on any atom is 0.273 e. The lowest BCUT2D eigenvalue weighted by atomic mass is 10.0. The molecule has 1 saturated heterocycles. The van der Waals surface area contributed by atoms with Crippen LogP contribution in [0.5, 0.6) is 0 Å². The Labute approximate surface area is 158 Å². The van der Waals surface area contributed by atoms with Crippen LogP contribution in [0.2, 0.25) is 0 Å². The zero-order valence-corrected chi connectivity index (χ0v) is 15.2. The quantitative estimate of drug-likeness (QED) is 0.640. The molecule has 1 fully saturated rings. The Morgan fingerprint density at radius 1 is 1.26 bits per heavy atom. The van der Waals surface area contributed by atoms with Crippen LogP contribution in [0, 0.1) is 22.9 Å². The minimum atomic E-state index is -0.791. The van der Waals surface area contributed by atoms with Crippen LogP contribution in [0.4, 0.5) is 15.8 Å². The topological polar surface area (TPSA) is 92.6 Å². The van der Waals surface area contributed by atoms with Gasteiger partial charge in [0.05, 0.1) is 16.5 Å². The number of benzene rings is 2. The van der Waals surface area contributed by atoms with Crippen molar-refractivity contribution in [2.45, 2.75) is 13.0 Å². The predicted molar refractivity (Wildman–Crippen MR) is 100 cm³/mol. The number of carbonyl (C=O) groups excluding carboxylic acids is 2. The first kappa shape index (κ1) is 18.8. The highest BCUT2D eigenvalue weighted by Gasteiger charge is 2.36. The van der Waals surface area contributed by atoms with E-state index >= 15 is 0 Å². The summed E-state index contributed by atoms with van der Waals surface area (Å²) in [4.78, 5) is 37.4. The zero-order valence-electron chi connectivity index (χ0n) is 14.3. The van der Waals surface area contributed by atoms with E-state index in [1.54, 1.807) is 6.07 Å². The number of nitro benzene ring substituents is 1. The van der Waals surface area contributed by atoms with Crippen molar-refractivity contribution < 1.29 is 18.9 Å². The molecule has 27 heavy (non-hydrogen) atoms. The third-order valence-corrected chi connectivity index (χ3v) is 5.32. The van der Waals surface area contributed by atoms with Crippen LogP contribution in [-0.4, -0.2) is 39.3 Å². The van der Waals surface area contributed by atoms with Crippen LogP contribution in [0.25, 0.3) is 0 Å². The van der Waals surface area contributed by atoms with Gasteiger partial charge in [0.25, 0.3) is 11.6 Å². The fourth-order valence-corrected chi connectivity index (χ4v) is 4.00. The summed E-state index contributed by atoms with van der Waals surface area (Å²) in [6.45, 7) is 1.50. The van der Waals surface area contributed by atoms with Gasteiger partial charge in [-0.3, -0.25) is 19.7 Å². The molecule has 140 valence electrons. The second kappa shape index (κ2) is 7.75. The summed E-state index contributed by atoms with van der Waals surface area (Å²) in [6.07, 6.45) is 0. The summed E-state index contributed by atoms with van der Waals surface area (Å²) in [5.74, 6) is -0.892. The molecule has 7 nitrogen and oxygen atoms in total. The number of hydrogen-bond acceptors (Lipinski definition) is 5. The van der Waals surface area contributed by atoms with E-state index in [-0.39, 0.29) is 28.4 Å². The van der Waals surface area contributed by atoms with E-state index in [2.05, 4.69) is 5.32 Å². The molecule has 0 spiro atoms. The van der Waals surface area contributed by atoms with Gasteiger partial charge < -0.3 is 10.2 Å². The first-order valence-corrected chi connectivity index (χ1v) is 9.23. The van der Waals surface area contributed by atoms with Gasteiger partial charge in [-0.1, -0.05) is 18.2 Å². The van der Waals surface area contributed by atoms with Crippen molar-refractivity contribution in [3.63, 3.8) is 0 Å². The number of para-hydroxylation sites is 1. The highest BCUT2D eigenvalue weighted by molar-refractivity contribution is 7.99. The molecule has 0 aliphatic carbocycles. The van der Waals surface area contributed by atoms with Crippen LogP contribution in [0.15, 0.2) is 42.5 Å². The second-order valence-corrected chi connectivity index (χ2v) is 6.97. The lowest BCUT2D eigenvalue weighted by Crippen LogP contribution is -2.44. The lowest BCUT2D eigenvalue weighted by molar-refractivity contribution is -0.385. The summed E-state index contributed by atoms with van der Waals surface area (Å²) in [5, 5.41) is 13.6. The van der Waals surface area contributed by atoms with Crippen molar-refractivity contribution in [1.29, 1.82) is 0 Å². The Morgan fingerprint density at radius 2 is 2.00 bits per heavy atom. The minimum Gasteiger partial charge on any atom is -0.322 e. The van der Waals surface area contributed by atoms with Gasteiger partial charge >= 0.3 is 0 Å². The molecule has 0 radical (unpaired) electrons. The molecule has 3 rings (SSSR count). The van der Waals surface area contributed by atoms with Gasteiger partial charge in [-0.25, -0.2) is 4.39 Å². The van der Waals surface area contributed by atoms with Crippen LogP contribution in [-0.2, 0) is 4.79 Å². The van der Waals surface area contributed by atoms with Gasteiger partial charge in [0.2, 0.25) is 5.91 Å². The molecule has 2 aromatic rings. The number of thioether (sulfide) groups is 1. The molecular formula is C18H16FN3O4S. The second-order valence-electron chi connectivity index (χ2n) is 5.97. The maximum absolute atomic E-state index is 13.8. The molecule has 0 bridgehead atoms. The Kier molecular flexibility index (Phi) is 5.41. The third kappa shape index (κ3) is 3.77. The average Bonchev–Trinajstić information content (AvgIpc) is 3.13. The fraction of sp³-hybridized carbons (Fsp3) is 0.222. The van der Waals surface area contributed by atoms with E-state index in [1.165, 1.54) is 60.0 Å². The van der Waals surface area contributed by atoms with E-state index in [4.69, 9.17) is 0 Å². The number of carbonyl (C=O) groups is 2. The highest BCUT2D eigenvalue weighted by Crippen LogP contribution is 2.28. The van der Waals surface area contributed by atoms with E-state index in [0.29, 0.717) is 5.75 Å². The summed E-state index contributed by atoms with van der Waals surface area (Å²) in [5.41, 5.74) is 0.312. The Hall–Kier alpha value is -2.94. The van der Waals surface area contributed by atoms with Gasteiger partial charge in [-0.15, -0.1) is 11.8 Å². The van der Waals surface area contributed by atoms with Crippen molar-refractivity contribution in [3.05, 3.63) is 69.5 Å². The molecule has 1 atom stereocenters. The zero-order chi connectivity index (χ0) is 19.6. The van der Waals surface area contributed by atoms with Crippen molar-refractivity contribution in [2.75, 3.05) is 16.9 Å². The SMILES string of the molecule is Cc1c(C(=O)N2CSC[C@H]2C(=O)Nc2ccccc2F)cccc1[N+](=O)[O-]. The number of anilines is 1. The monoisotopic (exact) mass is 389 g/mol. The normalized spacial score (nSPS) is 16.2. The van der Waals surface area contributed by atoms with Crippen molar-refractivity contribution in [2.24, 2.45) is 0 Å². The first-order chi connectivity index (χ1) is 12.9. The average molecular weight is 389 g/mol. The minimum absolute atomic E-state index is 0.0401. The van der Waals surface area contributed by atoms with E-state index < -0.39 is 28.6 Å². The molecule has 2 amide bonds. The summed E-state index contributed by atoms with van der Waals surface area (Å²) in [7, 11) is 0. The number of hydrogen-bond donors (Lipinski definition) is 1. The first-order valence-electron chi connectivity index (χ1n) is 8.08. The predicted octanol–water partition coefficient (Wildman–Crippen LogP) is 3.20. The largest absolute Gasteiger partial charge is 0.322 e. The molecule has 1 aliphatic heterocycles.